The number of ether oxygens (including phenoxy) is 1. The van der Waals surface area contributed by atoms with Crippen molar-refractivity contribution >= 4 is 29.4 Å². The number of hydrogen-bond donors (Lipinski definition) is 1. The summed E-state index contributed by atoms with van der Waals surface area (Å²) >= 11 is 1.25. The molecular weight excluding hydrogens is 552 g/mol. The highest BCUT2D eigenvalue weighted by molar-refractivity contribution is 7.07. The SMILES string of the molecule is CCCC1=C(C(=O)OCC)[C@@H](c2ccc(C(C)C)cc2)n2c(s/c(=C\c3ccc(-c4ccc(C(=O)O)cc4)o3)c2=O)=N1. The van der Waals surface area contributed by atoms with Gasteiger partial charge in [-0.2, -0.15) is 0 Å². The van der Waals surface area contributed by atoms with Crippen molar-refractivity contribution in [1.82, 2.24) is 4.57 Å². The summed E-state index contributed by atoms with van der Waals surface area (Å²) in [5.74, 6) is -0.122. The van der Waals surface area contributed by atoms with Gasteiger partial charge in [0.2, 0.25) is 0 Å². The molecule has 0 spiro atoms. The second-order valence-electron chi connectivity index (χ2n) is 10.3. The van der Waals surface area contributed by atoms with Crippen molar-refractivity contribution in [3.05, 3.63) is 114 Å². The Morgan fingerprint density at radius 3 is 2.40 bits per heavy atom. The van der Waals surface area contributed by atoms with Gasteiger partial charge in [0.15, 0.2) is 4.80 Å². The van der Waals surface area contributed by atoms with Gasteiger partial charge in [-0.3, -0.25) is 9.36 Å². The van der Waals surface area contributed by atoms with Crippen molar-refractivity contribution in [2.24, 2.45) is 4.99 Å². The summed E-state index contributed by atoms with van der Waals surface area (Å²) in [5.41, 5.74) is 3.61. The molecule has 1 aliphatic heterocycles. The molecule has 216 valence electrons. The van der Waals surface area contributed by atoms with Crippen LogP contribution < -0.4 is 14.9 Å². The number of allylic oxidation sites excluding steroid dienone is 1. The molecular formula is C33H32N2O6S. The van der Waals surface area contributed by atoms with E-state index in [9.17, 15) is 14.4 Å². The molecule has 0 saturated heterocycles. The molecule has 1 aliphatic rings. The van der Waals surface area contributed by atoms with Crippen LogP contribution in [-0.2, 0) is 9.53 Å². The number of esters is 1. The molecule has 0 bridgehead atoms. The van der Waals surface area contributed by atoms with E-state index < -0.39 is 18.0 Å². The van der Waals surface area contributed by atoms with Gasteiger partial charge < -0.3 is 14.3 Å². The van der Waals surface area contributed by atoms with E-state index in [1.165, 1.54) is 23.5 Å². The van der Waals surface area contributed by atoms with Gasteiger partial charge in [-0.15, -0.1) is 0 Å². The van der Waals surface area contributed by atoms with Crippen molar-refractivity contribution in [3.63, 3.8) is 0 Å². The zero-order valence-corrected chi connectivity index (χ0v) is 24.7. The van der Waals surface area contributed by atoms with Crippen molar-refractivity contribution in [2.75, 3.05) is 6.61 Å². The number of fused-ring (bicyclic) bond motifs is 1. The van der Waals surface area contributed by atoms with Crippen molar-refractivity contribution in [3.8, 4) is 11.3 Å². The third-order valence-corrected chi connectivity index (χ3v) is 8.11. The maximum absolute atomic E-state index is 14.0. The average molecular weight is 585 g/mol. The second-order valence-corrected chi connectivity index (χ2v) is 11.3. The van der Waals surface area contributed by atoms with Crippen LogP contribution >= 0.6 is 11.3 Å². The lowest BCUT2D eigenvalue weighted by Crippen LogP contribution is -2.40. The maximum atomic E-state index is 14.0. The highest BCUT2D eigenvalue weighted by Crippen LogP contribution is 2.33. The number of furan rings is 1. The Hall–Kier alpha value is -4.50. The van der Waals surface area contributed by atoms with Crippen LogP contribution in [-0.4, -0.2) is 28.2 Å². The number of thiazole rings is 1. The molecule has 0 unspecified atom stereocenters. The number of aromatic carboxylic acids is 1. The van der Waals surface area contributed by atoms with Gasteiger partial charge in [0.1, 0.15) is 11.5 Å². The molecule has 0 saturated carbocycles. The van der Waals surface area contributed by atoms with Crippen LogP contribution in [0.4, 0.5) is 0 Å². The fraction of sp³-hybridized carbons (Fsp3) is 0.273. The lowest BCUT2D eigenvalue weighted by Gasteiger charge is -2.26. The summed E-state index contributed by atoms with van der Waals surface area (Å²) in [6, 6.07) is 17.2. The lowest BCUT2D eigenvalue weighted by molar-refractivity contribution is -0.139. The number of carboxylic acid groups (broad SMARTS) is 1. The van der Waals surface area contributed by atoms with Crippen LogP contribution in [0.15, 0.2) is 86.1 Å². The van der Waals surface area contributed by atoms with E-state index >= 15 is 0 Å². The molecule has 2 aromatic carbocycles. The number of rotatable bonds is 9. The van der Waals surface area contributed by atoms with Crippen LogP contribution in [0.2, 0.25) is 0 Å². The molecule has 42 heavy (non-hydrogen) atoms. The summed E-state index contributed by atoms with van der Waals surface area (Å²) in [6.45, 7) is 8.23. The Kier molecular flexibility index (Phi) is 8.40. The van der Waals surface area contributed by atoms with Crippen LogP contribution in [0, 0.1) is 0 Å². The number of nitrogens with zero attached hydrogens (tertiary/aromatic N) is 2. The topological polar surface area (TPSA) is 111 Å². The van der Waals surface area contributed by atoms with E-state index in [0.29, 0.717) is 50.0 Å². The molecule has 0 radical (unpaired) electrons. The predicted molar refractivity (Wildman–Crippen MR) is 161 cm³/mol. The van der Waals surface area contributed by atoms with Crippen molar-refractivity contribution in [1.29, 1.82) is 0 Å². The zero-order valence-electron chi connectivity index (χ0n) is 23.9. The molecule has 0 amide bonds. The van der Waals surface area contributed by atoms with Crippen LogP contribution in [0.3, 0.4) is 0 Å². The molecule has 5 rings (SSSR count). The zero-order chi connectivity index (χ0) is 30.0. The number of aromatic nitrogens is 1. The van der Waals surface area contributed by atoms with Gasteiger partial charge in [-0.05, 0) is 54.7 Å². The molecule has 1 N–H and O–H groups in total. The molecule has 2 aromatic heterocycles. The van der Waals surface area contributed by atoms with Crippen molar-refractivity contribution in [2.45, 2.75) is 52.5 Å². The Labute approximate surface area is 246 Å². The smallest absolute Gasteiger partial charge is 0.338 e. The summed E-state index contributed by atoms with van der Waals surface area (Å²) in [7, 11) is 0. The highest BCUT2D eigenvalue weighted by Gasteiger charge is 2.34. The first kappa shape index (κ1) is 29.0. The monoisotopic (exact) mass is 584 g/mol. The Bertz CT molecular complexity index is 1840. The van der Waals surface area contributed by atoms with Gasteiger partial charge in [0, 0.05) is 11.6 Å². The molecule has 3 heterocycles. The number of benzene rings is 2. The molecule has 1 atom stereocenters. The molecule has 4 aromatic rings. The maximum Gasteiger partial charge on any atom is 0.338 e. The third kappa shape index (κ3) is 5.65. The summed E-state index contributed by atoms with van der Waals surface area (Å²) in [4.78, 5) is 43.8. The number of carbonyl (C=O) groups excluding carboxylic acids is 1. The Balaban J connectivity index is 1.63. The average Bonchev–Trinajstić information content (AvgIpc) is 3.57. The number of carboxylic acids is 1. The molecule has 0 aliphatic carbocycles. The molecule has 0 fully saturated rings. The van der Waals surface area contributed by atoms with E-state index in [-0.39, 0.29) is 17.7 Å². The van der Waals surface area contributed by atoms with E-state index in [1.54, 1.807) is 41.8 Å². The first-order chi connectivity index (χ1) is 20.2. The molecule has 8 nitrogen and oxygen atoms in total. The highest BCUT2D eigenvalue weighted by atomic mass is 32.1. The van der Waals surface area contributed by atoms with E-state index in [1.807, 2.05) is 31.2 Å². The van der Waals surface area contributed by atoms with E-state index in [0.717, 1.165) is 17.5 Å². The largest absolute Gasteiger partial charge is 0.478 e. The predicted octanol–water partition coefficient (Wildman–Crippen LogP) is 5.66. The Morgan fingerprint density at radius 2 is 1.79 bits per heavy atom. The standard InChI is InChI=1S/C33H32N2O6S/c1-5-7-25-28(32(39)40-6-2)29(22-12-8-20(9-13-22)19(3)4)35-30(36)27(42-33(35)34-25)18-24-16-17-26(41-24)21-10-14-23(15-11-21)31(37)38/h8-19,29H,5-7H2,1-4H3,(H,37,38)/b27-18-/t29-/m1/s1. The minimum Gasteiger partial charge on any atom is -0.478 e. The first-order valence-electron chi connectivity index (χ1n) is 14.0. The second kappa shape index (κ2) is 12.2. The van der Waals surface area contributed by atoms with Crippen LogP contribution in [0.25, 0.3) is 17.4 Å². The fourth-order valence-corrected chi connectivity index (χ4v) is 5.99. The Morgan fingerprint density at radius 1 is 1.07 bits per heavy atom. The fourth-order valence-electron chi connectivity index (χ4n) is 4.99. The van der Waals surface area contributed by atoms with E-state index in [4.69, 9.17) is 19.3 Å². The summed E-state index contributed by atoms with van der Waals surface area (Å²) in [5, 5.41) is 9.16. The van der Waals surface area contributed by atoms with Gasteiger partial charge in [0.05, 0.1) is 34.0 Å². The third-order valence-electron chi connectivity index (χ3n) is 7.13. The first-order valence-corrected chi connectivity index (χ1v) is 14.8. The number of carbonyl (C=O) groups is 2. The van der Waals surface area contributed by atoms with Gasteiger partial charge in [-0.25, -0.2) is 14.6 Å². The molecule has 9 heteroatoms. The lowest BCUT2D eigenvalue weighted by atomic mass is 9.92. The van der Waals surface area contributed by atoms with Crippen LogP contribution in [0.1, 0.15) is 79.7 Å². The van der Waals surface area contributed by atoms with Gasteiger partial charge in [0.25, 0.3) is 5.56 Å². The van der Waals surface area contributed by atoms with Gasteiger partial charge in [-0.1, -0.05) is 74.9 Å². The minimum atomic E-state index is -1.00. The van der Waals surface area contributed by atoms with Gasteiger partial charge >= 0.3 is 11.9 Å². The quantitative estimate of drug-likeness (QED) is 0.254. The van der Waals surface area contributed by atoms with Crippen LogP contribution in [0.5, 0.6) is 0 Å². The minimum absolute atomic E-state index is 0.185. The van der Waals surface area contributed by atoms with Crippen molar-refractivity contribution < 1.29 is 23.8 Å². The normalized spacial score (nSPS) is 15.1. The van der Waals surface area contributed by atoms with E-state index in [2.05, 4.69) is 13.8 Å². The summed E-state index contributed by atoms with van der Waals surface area (Å²) in [6.07, 6.45) is 3.02. The number of hydrogen-bond acceptors (Lipinski definition) is 7. The summed E-state index contributed by atoms with van der Waals surface area (Å²) < 4.78 is 13.5.